The van der Waals surface area contributed by atoms with Gasteiger partial charge >= 0.3 is 5.97 Å². The van der Waals surface area contributed by atoms with Gasteiger partial charge in [-0.15, -0.1) is 0 Å². The highest BCUT2D eigenvalue weighted by molar-refractivity contribution is 5.89. The first-order valence-corrected chi connectivity index (χ1v) is 8.05. The number of methoxy groups -OCH3 is 1. The zero-order valence-electron chi connectivity index (χ0n) is 14.2. The molecule has 0 spiro atoms. The van der Waals surface area contributed by atoms with Crippen molar-refractivity contribution in [2.75, 3.05) is 13.7 Å². The molecular formula is C20H19NO4. The maximum Gasteiger partial charge on any atom is 0.338 e. The number of fused-ring (bicyclic) bond motifs is 1. The van der Waals surface area contributed by atoms with E-state index in [9.17, 15) is 9.59 Å². The Kier molecular flexibility index (Phi) is 4.84. The Balaban J connectivity index is 1.86. The fraction of sp³-hybridized carbons (Fsp3) is 0.200. The highest BCUT2D eigenvalue weighted by atomic mass is 16.5. The first-order valence-electron chi connectivity index (χ1n) is 8.05. The van der Waals surface area contributed by atoms with Crippen LogP contribution in [0, 0.1) is 0 Å². The van der Waals surface area contributed by atoms with Crippen molar-refractivity contribution in [3.8, 4) is 5.75 Å². The second kappa shape index (κ2) is 7.21. The highest BCUT2D eigenvalue weighted by Crippen LogP contribution is 2.18. The summed E-state index contributed by atoms with van der Waals surface area (Å²) in [6, 6.07) is 14.4. The molecule has 1 heterocycles. The maximum absolute atomic E-state index is 12.6. The van der Waals surface area contributed by atoms with Gasteiger partial charge in [-0.25, -0.2) is 4.79 Å². The minimum Gasteiger partial charge on any atom is -0.497 e. The number of ether oxygens (including phenoxy) is 2. The summed E-state index contributed by atoms with van der Waals surface area (Å²) < 4.78 is 11.8. The van der Waals surface area contributed by atoms with Gasteiger partial charge in [-0.3, -0.25) is 4.79 Å². The molecule has 0 amide bonds. The number of esters is 1. The number of rotatable bonds is 5. The topological polar surface area (TPSA) is 57.5 Å². The second-order valence-corrected chi connectivity index (χ2v) is 5.62. The number of pyridine rings is 1. The van der Waals surface area contributed by atoms with E-state index in [-0.39, 0.29) is 11.5 Å². The van der Waals surface area contributed by atoms with Gasteiger partial charge in [-0.05, 0) is 54.3 Å². The van der Waals surface area contributed by atoms with E-state index in [1.807, 2.05) is 24.3 Å². The van der Waals surface area contributed by atoms with Crippen molar-refractivity contribution < 1.29 is 14.3 Å². The minimum absolute atomic E-state index is 0.0605. The summed E-state index contributed by atoms with van der Waals surface area (Å²) in [6.45, 7) is 2.55. The number of benzene rings is 2. The molecule has 5 nitrogen and oxygen atoms in total. The summed E-state index contributed by atoms with van der Waals surface area (Å²) in [4.78, 5) is 24.3. The third-order valence-corrected chi connectivity index (χ3v) is 4.00. The Labute approximate surface area is 145 Å². The largest absolute Gasteiger partial charge is 0.497 e. The van der Waals surface area contributed by atoms with E-state index in [2.05, 4.69) is 0 Å². The molecule has 0 atom stereocenters. The summed E-state index contributed by atoms with van der Waals surface area (Å²) in [5.41, 5.74) is 1.38. The fourth-order valence-corrected chi connectivity index (χ4v) is 2.67. The highest BCUT2D eigenvalue weighted by Gasteiger charge is 2.07. The third kappa shape index (κ3) is 3.55. The van der Waals surface area contributed by atoms with Crippen LogP contribution < -0.4 is 10.3 Å². The molecule has 0 bridgehead atoms. The van der Waals surface area contributed by atoms with Crippen LogP contribution in [-0.4, -0.2) is 24.3 Å². The lowest BCUT2D eigenvalue weighted by Gasteiger charge is -2.09. The van der Waals surface area contributed by atoms with Gasteiger partial charge < -0.3 is 14.0 Å². The Morgan fingerprint density at radius 2 is 1.84 bits per heavy atom. The van der Waals surface area contributed by atoms with E-state index in [4.69, 9.17) is 9.47 Å². The van der Waals surface area contributed by atoms with E-state index in [1.165, 1.54) is 0 Å². The Morgan fingerprint density at radius 1 is 1.08 bits per heavy atom. The number of carbonyl (C=O) groups is 1. The molecule has 3 rings (SSSR count). The molecule has 128 valence electrons. The number of hydrogen-bond acceptors (Lipinski definition) is 4. The lowest BCUT2D eigenvalue weighted by Crippen LogP contribution is -2.20. The zero-order valence-corrected chi connectivity index (χ0v) is 14.2. The van der Waals surface area contributed by atoms with Crippen molar-refractivity contribution in [1.29, 1.82) is 0 Å². The lowest BCUT2D eigenvalue weighted by atomic mass is 10.1. The lowest BCUT2D eigenvalue weighted by molar-refractivity contribution is 0.0526. The van der Waals surface area contributed by atoms with E-state index in [0.29, 0.717) is 24.1 Å². The molecule has 0 saturated carbocycles. The molecule has 2 aromatic carbocycles. The average molecular weight is 337 g/mol. The number of hydrogen-bond donors (Lipinski definition) is 0. The number of nitrogens with zero attached hydrogens (tertiary/aromatic N) is 1. The first kappa shape index (κ1) is 16.8. The molecule has 1 aromatic heterocycles. The smallest absolute Gasteiger partial charge is 0.338 e. The minimum atomic E-state index is -0.342. The average Bonchev–Trinajstić information content (AvgIpc) is 2.64. The van der Waals surface area contributed by atoms with Crippen LogP contribution in [0.4, 0.5) is 0 Å². The standard InChI is InChI=1S/C20H19NO4/c1-3-25-20(23)15-6-4-14(5-7-15)13-21-11-10-16-12-17(24-2)8-9-18(16)19(21)22/h4-12H,3,13H2,1-2H3. The Bertz CT molecular complexity index is 958. The molecule has 0 saturated heterocycles. The fourth-order valence-electron chi connectivity index (χ4n) is 2.67. The first-order chi connectivity index (χ1) is 12.1. The summed E-state index contributed by atoms with van der Waals surface area (Å²) in [6.07, 6.45) is 1.77. The third-order valence-electron chi connectivity index (χ3n) is 4.00. The Morgan fingerprint density at radius 3 is 2.52 bits per heavy atom. The molecule has 25 heavy (non-hydrogen) atoms. The summed E-state index contributed by atoms with van der Waals surface area (Å²) in [5.74, 6) is 0.380. The van der Waals surface area contributed by atoms with Crippen molar-refractivity contribution in [2.24, 2.45) is 0 Å². The van der Waals surface area contributed by atoms with Crippen LogP contribution in [0.15, 0.2) is 59.5 Å². The molecule has 0 aliphatic heterocycles. The van der Waals surface area contributed by atoms with Crippen molar-refractivity contribution in [2.45, 2.75) is 13.5 Å². The van der Waals surface area contributed by atoms with Crippen LogP contribution in [0.2, 0.25) is 0 Å². The molecule has 0 fully saturated rings. The monoisotopic (exact) mass is 337 g/mol. The van der Waals surface area contributed by atoms with Gasteiger partial charge in [0.2, 0.25) is 0 Å². The number of aromatic nitrogens is 1. The van der Waals surface area contributed by atoms with Gasteiger partial charge in [0, 0.05) is 11.6 Å². The second-order valence-electron chi connectivity index (χ2n) is 5.62. The SMILES string of the molecule is CCOC(=O)c1ccc(Cn2ccc3cc(OC)ccc3c2=O)cc1. The molecule has 0 N–H and O–H groups in total. The predicted octanol–water partition coefficient (Wildman–Crippen LogP) is 3.24. The molecule has 5 heteroatoms. The summed E-state index contributed by atoms with van der Waals surface area (Å²) in [7, 11) is 1.60. The molecule has 3 aromatic rings. The van der Waals surface area contributed by atoms with Crippen molar-refractivity contribution in [3.63, 3.8) is 0 Å². The quantitative estimate of drug-likeness (QED) is 0.671. The molecule has 0 aliphatic rings. The van der Waals surface area contributed by atoms with Gasteiger partial charge in [0.25, 0.3) is 5.56 Å². The van der Waals surface area contributed by atoms with Gasteiger partial charge in [0.1, 0.15) is 5.75 Å². The van der Waals surface area contributed by atoms with E-state index in [1.54, 1.807) is 49.1 Å². The van der Waals surface area contributed by atoms with Gasteiger partial charge in [0.05, 0.1) is 25.8 Å². The van der Waals surface area contributed by atoms with Crippen molar-refractivity contribution >= 4 is 16.7 Å². The van der Waals surface area contributed by atoms with Crippen LogP contribution in [0.3, 0.4) is 0 Å². The van der Waals surface area contributed by atoms with Crippen LogP contribution in [0.25, 0.3) is 10.8 Å². The molecular weight excluding hydrogens is 318 g/mol. The summed E-state index contributed by atoms with van der Waals surface area (Å²) >= 11 is 0. The van der Waals surface area contributed by atoms with E-state index < -0.39 is 0 Å². The van der Waals surface area contributed by atoms with E-state index in [0.717, 1.165) is 16.7 Å². The zero-order chi connectivity index (χ0) is 17.8. The van der Waals surface area contributed by atoms with Crippen molar-refractivity contribution in [3.05, 3.63) is 76.2 Å². The Hall–Kier alpha value is -3.08. The molecule has 0 unspecified atom stereocenters. The molecule has 0 aliphatic carbocycles. The summed E-state index contributed by atoms with van der Waals surface area (Å²) in [5, 5.41) is 1.49. The maximum atomic E-state index is 12.6. The van der Waals surface area contributed by atoms with Crippen LogP contribution >= 0.6 is 0 Å². The number of carbonyl (C=O) groups excluding carboxylic acids is 1. The van der Waals surface area contributed by atoms with E-state index >= 15 is 0 Å². The van der Waals surface area contributed by atoms with Gasteiger partial charge in [0.15, 0.2) is 0 Å². The van der Waals surface area contributed by atoms with Gasteiger partial charge in [-0.2, -0.15) is 0 Å². The normalized spacial score (nSPS) is 10.6. The van der Waals surface area contributed by atoms with Gasteiger partial charge in [-0.1, -0.05) is 12.1 Å². The van der Waals surface area contributed by atoms with Crippen LogP contribution in [-0.2, 0) is 11.3 Å². The van der Waals surface area contributed by atoms with Crippen LogP contribution in [0.5, 0.6) is 5.75 Å². The van der Waals surface area contributed by atoms with Crippen LogP contribution in [0.1, 0.15) is 22.8 Å². The molecule has 0 radical (unpaired) electrons. The predicted molar refractivity (Wildman–Crippen MR) is 96.3 cm³/mol. The van der Waals surface area contributed by atoms with Crippen molar-refractivity contribution in [1.82, 2.24) is 4.57 Å².